The fourth-order valence-corrected chi connectivity index (χ4v) is 4.73. The first kappa shape index (κ1) is 17.1. The van der Waals surface area contributed by atoms with Crippen LogP contribution in [0.15, 0.2) is 73.1 Å². The van der Waals surface area contributed by atoms with Gasteiger partial charge in [-0.25, -0.2) is 0 Å². The molecule has 6 rings (SSSR count). The quantitative estimate of drug-likeness (QED) is 0.367. The third-order valence-corrected chi connectivity index (χ3v) is 6.31. The minimum absolute atomic E-state index is 0.896. The van der Waals surface area contributed by atoms with Crippen molar-refractivity contribution in [2.75, 3.05) is 0 Å². The molecule has 6 heteroatoms. The highest BCUT2D eigenvalue weighted by Gasteiger charge is 2.15. The van der Waals surface area contributed by atoms with E-state index in [1.807, 2.05) is 36.7 Å². The lowest BCUT2D eigenvalue weighted by Gasteiger charge is -2.01. The number of nitrogens with zero attached hydrogens (tertiary/aromatic N) is 3. The van der Waals surface area contributed by atoms with E-state index in [1.165, 1.54) is 9.75 Å². The number of aromatic nitrogens is 5. The van der Waals surface area contributed by atoms with E-state index in [0.29, 0.717) is 0 Å². The highest BCUT2D eigenvalue weighted by Crippen LogP contribution is 2.36. The molecule has 30 heavy (non-hydrogen) atoms. The van der Waals surface area contributed by atoms with Crippen molar-refractivity contribution >= 4 is 33.1 Å². The number of hydrogen-bond donors (Lipinski definition) is 2. The van der Waals surface area contributed by atoms with Gasteiger partial charge in [-0.2, -0.15) is 5.10 Å². The second kappa shape index (κ2) is 6.64. The molecule has 2 N–H and O–H groups in total. The van der Waals surface area contributed by atoms with Crippen LogP contribution < -0.4 is 0 Å². The molecular formula is C24H17N5S. The summed E-state index contributed by atoms with van der Waals surface area (Å²) in [6, 6.07) is 20.6. The number of thiophene rings is 1. The van der Waals surface area contributed by atoms with E-state index in [-0.39, 0.29) is 0 Å². The van der Waals surface area contributed by atoms with Gasteiger partial charge in [0.2, 0.25) is 0 Å². The van der Waals surface area contributed by atoms with Gasteiger partial charge in [0.1, 0.15) is 5.69 Å². The number of rotatable bonds is 3. The molecule has 144 valence electrons. The van der Waals surface area contributed by atoms with Gasteiger partial charge in [-0.05, 0) is 55.5 Å². The third kappa shape index (κ3) is 2.73. The molecule has 6 aromatic rings. The molecule has 0 aliphatic heterocycles. The minimum Gasteiger partial charge on any atom is -0.353 e. The van der Waals surface area contributed by atoms with Crippen molar-refractivity contribution in [1.29, 1.82) is 0 Å². The van der Waals surface area contributed by atoms with E-state index in [1.54, 1.807) is 11.3 Å². The van der Waals surface area contributed by atoms with Gasteiger partial charge in [0.05, 0.1) is 27.5 Å². The van der Waals surface area contributed by atoms with Crippen LogP contribution in [0, 0.1) is 6.92 Å². The summed E-state index contributed by atoms with van der Waals surface area (Å²) in [5, 5.41) is 9.93. The number of pyridine rings is 2. The summed E-state index contributed by atoms with van der Waals surface area (Å²) in [6.07, 6.45) is 3.67. The lowest BCUT2D eigenvalue weighted by atomic mass is 10.1. The Morgan fingerprint density at radius 1 is 0.800 bits per heavy atom. The van der Waals surface area contributed by atoms with Crippen LogP contribution in [0.5, 0.6) is 0 Å². The highest BCUT2D eigenvalue weighted by atomic mass is 32.1. The molecule has 0 aliphatic rings. The normalized spacial score (nSPS) is 11.5. The Morgan fingerprint density at radius 3 is 2.57 bits per heavy atom. The fraction of sp³-hybridized carbons (Fsp3) is 0.0417. The van der Waals surface area contributed by atoms with E-state index < -0.39 is 0 Å². The SMILES string of the molecule is Cc1ccc(-c2nccc3[nH]c(-c4n[nH]c5ccc(-c6ccccn6)cc45)cc23)s1. The third-order valence-electron chi connectivity index (χ3n) is 5.30. The first-order valence-corrected chi connectivity index (χ1v) is 10.5. The van der Waals surface area contributed by atoms with Gasteiger partial charge < -0.3 is 4.98 Å². The van der Waals surface area contributed by atoms with Gasteiger partial charge in [-0.3, -0.25) is 15.1 Å². The number of fused-ring (bicyclic) bond motifs is 2. The monoisotopic (exact) mass is 407 g/mol. The smallest absolute Gasteiger partial charge is 0.116 e. The van der Waals surface area contributed by atoms with Gasteiger partial charge in [0, 0.05) is 39.1 Å². The van der Waals surface area contributed by atoms with Crippen LogP contribution in [-0.4, -0.2) is 25.1 Å². The van der Waals surface area contributed by atoms with Crippen LogP contribution in [0.25, 0.3) is 55.0 Å². The maximum atomic E-state index is 4.66. The van der Waals surface area contributed by atoms with Crippen molar-refractivity contribution in [2.45, 2.75) is 6.92 Å². The first-order chi connectivity index (χ1) is 14.8. The average molecular weight is 408 g/mol. The number of H-pyrrole nitrogens is 2. The van der Waals surface area contributed by atoms with E-state index in [0.717, 1.165) is 50.1 Å². The number of aromatic amines is 2. The van der Waals surface area contributed by atoms with Crippen LogP contribution in [0.1, 0.15) is 4.88 Å². The van der Waals surface area contributed by atoms with Crippen molar-refractivity contribution in [3.8, 4) is 33.2 Å². The van der Waals surface area contributed by atoms with Crippen molar-refractivity contribution in [3.63, 3.8) is 0 Å². The zero-order valence-corrected chi connectivity index (χ0v) is 17.0. The first-order valence-electron chi connectivity index (χ1n) is 9.71. The summed E-state index contributed by atoms with van der Waals surface area (Å²) in [6.45, 7) is 2.12. The van der Waals surface area contributed by atoms with Crippen LogP contribution in [0.4, 0.5) is 0 Å². The number of hydrogen-bond acceptors (Lipinski definition) is 4. The van der Waals surface area contributed by atoms with Gasteiger partial charge in [0.15, 0.2) is 0 Å². The number of nitrogens with one attached hydrogen (secondary N) is 2. The minimum atomic E-state index is 0.896. The molecule has 0 spiro atoms. The molecule has 5 aromatic heterocycles. The molecule has 0 saturated carbocycles. The van der Waals surface area contributed by atoms with Gasteiger partial charge in [-0.15, -0.1) is 11.3 Å². The van der Waals surface area contributed by atoms with Crippen molar-refractivity contribution in [2.24, 2.45) is 0 Å². The Labute approximate surface area is 176 Å². The van der Waals surface area contributed by atoms with Crippen molar-refractivity contribution in [3.05, 3.63) is 77.9 Å². The topological polar surface area (TPSA) is 70.2 Å². The van der Waals surface area contributed by atoms with E-state index in [4.69, 9.17) is 0 Å². The highest BCUT2D eigenvalue weighted by molar-refractivity contribution is 7.15. The molecule has 0 unspecified atom stereocenters. The Hall–Kier alpha value is -3.77. The standard InChI is InChI=1S/C24H17N5S/c1-14-5-8-22(30-14)24-17-13-21(27-19(17)9-11-26-24)23-16-12-15(6-7-20(16)28-29-23)18-4-2-3-10-25-18/h2-13,27H,1H3,(H,28,29). The molecule has 5 heterocycles. The largest absolute Gasteiger partial charge is 0.353 e. The molecule has 5 nitrogen and oxygen atoms in total. The maximum Gasteiger partial charge on any atom is 0.116 e. The van der Waals surface area contributed by atoms with E-state index >= 15 is 0 Å². The summed E-state index contributed by atoms with van der Waals surface area (Å²) >= 11 is 1.76. The molecule has 0 radical (unpaired) electrons. The second-order valence-corrected chi connectivity index (χ2v) is 8.55. The Bertz CT molecular complexity index is 1510. The lowest BCUT2D eigenvalue weighted by Crippen LogP contribution is -1.82. The Kier molecular flexibility index (Phi) is 3.79. The molecule has 0 saturated heterocycles. The molecular weight excluding hydrogens is 390 g/mol. The Morgan fingerprint density at radius 2 is 1.73 bits per heavy atom. The van der Waals surface area contributed by atoms with Crippen LogP contribution in [0.3, 0.4) is 0 Å². The molecule has 0 bridgehead atoms. The maximum absolute atomic E-state index is 4.66. The summed E-state index contributed by atoms with van der Waals surface area (Å²) in [7, 11) is 0. The summed E-state index contributed by atoms with van der Waals surface area (Å²) in [5.74, 6) is 0. The average Bonchev–Trinajstić information content (AvgIpc) is 3.51. The molecule has 0 aliphatic carbocycles. The van der Waals surface area contributed by atoms with Gasteiger partial charge in [-0.1, -0.05) is 12.1 Å². The number of aryl methyl sites for hydroxylation is 1. The molecule has 0 amide bonds. The molecule has 1 aromatic carbocycles. The van der Waals surface area contributed by atoms with Crippen molar-refractivity contribution < 1.29 is 0 Å². The van der Waals surface area contributed by atoms with Crippen molar-refractivity contribution in [1.82, 2.24) is 25.1 Å². The summed E-state index contributed by atoms with van der Waals surface area (Å²) < 4.78 is 0. The van der Waals surface area contributed by atoms with Crippen LogP contribution >= 0.6 is 11.3 Å². The van der Waals surface area contributed by atoms with Crippen LogP contribution in [0.2, 0.25) is 0 Å². The summed E-state index contributed by atoms with van der Waals surface area (Å²) in [5.41, 5.74) is 6.93. The zero-order chi connectivity index (χ0) is 20.1. The lowest BCUT2D eigenvalue weighted by molar-refractivity contribution is 1.12. The zero-order valence-electron chi connectivity index (χ0n) is 16.2. The molecule has 0 fully saturated rings. The van der Waals surface area contributed by atoms with Gasteiger partial charge >= 0.3 is 0 Å². The predicted molar refractivity (Wildman–Crippen MR) is 122 cm³/mol. The summed E-state index contributed by atoms with van der Waals surface area (Å²) in [4.78, 5) is 15.1. The van der Waals surface area contributed by atoms with Gasteiger partial charge in [0.25, 0.3) is 0 Å². The Balaban J connectivity index is 1.52. The molecule has 0 atom stereocenters. The fourth-order valence-electron chi connectivity index (χ4n) is 3.85. The predicted octanol–water partition coefficient (Wildman–Crippen LogP) is 6.21. The van der Waals surface area contributed by atoms with Crippen LogP contribution in [-0.2, 0) is 0 Å². The van der Waals surface area contributed by atoms with E-state index in [2.05, 4.69) is 68.5 Å². The number of benzene rings is 1. The van der Waals surface area contributed by atoms with E-state index in [9.17, 15) is 0 Å². The second-order valence-electron chi connectivity index (χ2n) is 7.26.